The van der Waals surface area contributed by atoms with E-state index in [2.05, 4.69) is 24.5 Å². The fourth-order valence-electron chi connectivity index (χ4n) is 1.90. The Morgan fingerprint density at radius 3 is 2.57 bits per heavy atom. The number of hydrogen-bond acceptors (Lipinski definition) is 4. The molecule has 1 aromatic rings. The van der Waals surface area contributed by atoms with Crippen LogP contribution in [0.5, 0.6) is 5.75 Å². The number of hydrogen-bond donors (Lipinski definition) is 2. The molecule has 124 valence electrons. The molecule has 0 aliphatic rings. The quantitative estimate of drug-likeness (QED) is 0.417. The number of nitrogens with one attached hydrogen (secondary N) is 2. The van der Waals surface area contributed by atoms with Crippen molar-refractivity contribution in [3.05, 3.63) is 41.6 Å². The second-order valence-corrected chi connectivity index (χ2v) is 5.66. The third-order valence-electron chi connectivity index (χ3n) is 3.34. The summed E-state index contributed by atoms with van der Waals surface area (Å²) in [4.78, 5) is 11.9. The van der Waals surface area contributed by atoms with E-state index in [0.717, 1.165) is 24.3 Å². The molecule has 0 fully saturated rings. The molecule has 0 saturated heterocycles. The first kappa shape index (κ1) is 18.6. The van der Waals surface area contributed by atoms with Crippen LogP contribution in [0.3, 0.4) is 0 Å². The Bertz CT molecular complexity index is 557. The molecule has 0 heterocycles. The van der Waals surface area contributed by atoms with Crippen LogP contribution in [0.2, 0.25) is 0 Å². The molecule has 0 unspecified atom stereocenters. The predicted octanol–water partition coefficient (Wildman–Crippen LogP) is 2.40. The maximum absolute atomic E-state index is 11.9. The van der Waals surface area contributed by atoms with Crippen molar-refractivity contribution in [1.82, 2.24) is 10.6 Å². The molecule has 0 atom stereocenters. The minimum Gasteiger partial charge on any atom is -0.497 e. The van der Waals surface area contributed by atoms with Crippen LogP contribution in [0.15, 0.2) is 36.0 Å². The van der Waals surface area contributed by atoms with Gasteiger partial charge in [-0.25, -0.2) is 0 Å². The molecule has 0 bridgehead atoms. The Morgan fingerprint density at radius 2 is 2.00 bits per heavy atom. The van der Waals surface area contributed by atoms with Crippen molar-refractivity contribution < 1.29 is 9.53 Å². The number of benzene rings is 1. The smallest absolute Gasteiger partial charge is 0.263 e. The summed E-state index contributed by atoms with van der Waals surface area (Å²) < 4.78 is 5.10. The molecule has 0 aliphatic carbocycles. The van der Waals surface area contributed by atoms with Gasteiger partial charge in [-0.05, 0) is 36.5 Å². The Hall–Kier alpha value is -2.48. The minimum atomic E-state index is -0.349. The highest BCUT2D eigenvalue weighted by Gasteiger charge is 2.07. The molecular weight excluding hydrogens is 290 g/mol. The van der Waals surface area contributed by atoms with E-state index in [0.29, 0.717) is 18.9 Å². The normalized spacial score (nSPS) is 11.0. The second-order valence-electron chi connectivity index (χ2n) is 5.66. The zero-order chi connectivity index (χ0) is 17.1. The van der Waals surface area contributed by atoms with Gasteiger partial charge in [0.1, 0.15) is 17.4 Å². The lowest BCUT2D eigenvalue weighted by molar-refractivity contribution is -0.117. The summed E-state index contributed by atoms with van der Waals surface area (Å²) in [5.41, 5.74) is 1.20. The zero-order valence-corrected chi connectivity index (χ0v) is 14.1. The van der Waals surface area contributed by atoms with Crippen LogP contribution in [-0.4, -0.2) is 26.1 Å². The molecule has 2 N–H and O–H groups in total. The number of nitriles is 1. The highest BCUT2D eigenvalue weighted by molar-refractivity contribution is 5.97. The van der Waals surface area contributed by atoms with Crippen LogP contribution in [0.1, 0.15) is 25.8 Å². The van der Waals surface area contributed by atoms with Gasteiger partial charge < -0.3 is 15.4 Å². The average molecular weight is 315 g/mol. The summed E-state index contributed by atoms with van der Waals surface area (Å²) in [7, 11) is 1.63. The molecule has 1 amide bonds. The van der Waals surface area contributed by atoms with Crippen LogP contribution in [-0.2, 0) is 11.2 Å². The van der Waals surface area contributed by atoms with E-state index in [-0.39, 0.29) is 11.5 Å². The molecule has 0 spiro atoms. The fraction of sp³-hybridized carbons (Fsp3) is 0.444. The zero-order valence-electron chi connectivity index (χ0n) is 14.1. The predicted molar refractivity (Wildman–Crippen MR) is 90.9 cm³/mol. The van der Waals surface area contributed by atoms with Crippen LogP contribution < -0.4 is 15.4 Å². The molecule has 5 heteroatoms. The summed E-state index contributed by atoms with van der Waals surface area (Å²) >= 11 is 0. The van der Waals surface area contributed by atoms with Crippen molar-refractivity contribution in [3.63, 3.8) is 0 Å². The van der Waals surface area contributed by atoms with Gasteiger partial charge in [-0.1, -0.05) is 26.0 Å². The van der Waals surface area contributed by atoms with Crippen LogP contribution in [0.4, 0.5) is 0 Å². The van der Waals surface area contributed by atoms with Crippen LogP contribution in [0, 0.1) is 17.2 Å². The number of methoxy groups -OCH3 is 1. The first-order valence-corrected chi connectivity index (χ1v) is 7.81. The van der Waals surface area contributed by atoms with Crippen molar-refractivity contribution >= 4 is 5.91 Å². The Morgan fingerprint density at radius 1 is 1.30 bits per heavy atom. The van der Waals surface area contributed by atoms with E-state index in [9.17, 15) is 4.79 Å². The number of ether oxygens (including phenoxy) is 1. The summed E-state index contributed by atoms with van der Waals surface area (Å²) in [5.74, 6) is 1.04. The van der Waals surface area contributed by atoms with E-state index in [4.69, 9.17) is 10.00 Å². The number of nitrogens with zero attached hydrogens (tertiary/aromatic N) is 1. The number of carbonyl (C=O) groups is 1. The molecule has 0 aromatic heterocycles. The summed E-state index contributed by atoms with van der Waals surface area (Å²) in [6.07, 6.45) is 3.19. The Labute approximate surface area is 138 Å². The lowest BCUT2D eigenvalue weighted by Crippen LogP contribution is -2.27. The second kappa shape index (κ2) is 10.3. The van der Waals surface area contributed by atoms with Gasteiger partial charge in [0.15, 0.2) is 0 Å². The van der Waals surface area contributed by atoms with Gasteiger partial charge in [-0.2, -0.15) is 5.26 Å². The maximum atomic E-state index is 11.9. The third kappa shape index (κ3) is 7.37. The van der Waals surface area contributed by atoms with E-state index >= 15 is 0 Å². The minimum absolute atomic E-state index is 0.100. The highest BCUT2D eigenvalue weighted by atomic mass is 16.5. The van der Waals surface area contributed by atoms with Gasteiger partial charge in [-0.3, -0.25) is 4.79 Å². The van der Waals surface area contributed by atoms with Crippen LogP contribution >= 0.6 is 0 Å². The van der Waals surface area contributed by atoms with Crippen molar-refractivity contribution in [2.75, 3.05) is 20.2 Å². The van der Waals surface area contributed by atoms with Gasteiger partial charge in [0.25, 0.3) is 5.91 Å². The van der Waals surface area contributed by atoms with Crippen LogP contribution in [0.25, 0.3) is 0 Å². The van der Waals surface area contributed by atoms with Gasteiger partial charge in [0, 0.05) is 19.3 Å². The fourth-order valence-corrected chi connectivity index (χ4v) is 1.90. The molecule has 0 radical (unpaired) electrons. The number of rotatable bonds is 9. The van der Waals surface area contributed by atoms with Crippen molar-refractivity contribution in [2.45, 2.75) is 26.7 Å². The average Bonchev–Trinajstić information content (AvgIpc) is 2.55. The first-order chi connectivity index (χ1) is 11.1. The lowest BCUT2D eigenvalue weighted by atomic mass is 10.1. The lowest BCUT2D eigenvalue weighted by Gasteiger charge is -2.07. The largest absolute Gasteiger partial charge is 0.497 e. The standard InChI is InChI=1S/C18H25N3O2/c1-14(2)8-10-20-13-16(12-19)18(22)21-11-9-15-4-6-17(23-3)7-5-15/h4-7,13-14,20H,8-11H2,1-3H3,(H,21,22)/b16-13-. The Kier molecular flexibility index (Phi) is 8.30. The molecule has 1 rings (SSSR count). The van der Waals surface area contributed by atoms with E-state index in [1.165, 1.54) is 6.20 Å². The summed E-state index contributed by atoms with van der Waals surface area (Å²) in [5, 5.41) is 14.8. The van der Waals surface area contributed by atoms with Gasteiger partial charge in [0.2, 0.25) is 0 Å². The van der Waals surface area contributed by atoms with Crippen molar-refractivity contribution in [2.24, 2.45) is 5.92 Å². The third-order valence-corrected chi connectivity index (χ3v) is 3.34. The molecule has 5 nitrogen and oxygen atoms in total. The van der Waals surface area contributed by atoms with Gasteiger partial charge in [-0.15, -0.1) is 0 Å². The molecule has 23 heavy (non-hydrogen) atoms. The SMILES string of the molecule is COc1ccc(CCNC(=O)/C(C#N)=C\NCCC(C)C)cc1. The molecule has 0 aliphatic heterocycles. The van der Waals surface area contributed by atoms with E-state index in [1.807, 2.05) is 30.3 Å². The topological polar surface area (TPSA) is 74.1 Å². The number of carbonyl (C=O) groups excluding carboxylic acids is 1. The highest BCUT2D eigenvalue weighted by Crippen LogP contribution is 2.11. The Balaban J connectivity index is 2.38. The summed E-state index contributed by atoms with van der Waals surface area (Å²) in [6, 6.07) is 9.61. The first-order valence-electron chi connectivity index (χ1n) is 7.81. The van der Waals surface area contributed by atoms with E-state index in [1.54, 1.807) is 7.11 Å². The molecule has 0 saturated carbocycles. The van der Waals surface area contributed by atoms with Gasteiger partial charge >= 0.3 is 0 Å². The van der Waals surface area contributed by atoms with E-state index < -0.39 is 0 Å². The van der Waals surface area contributed by atoms with Crippen molar-refractivity contribution in [3.8, 4) is 11.8 Å². The molecule has 1 aromatic carbocycles. The van der Waals surface area contributed by atoms with Crippen molar-refractivity contribution in [1.29, 1.82) is 5.26 Å². The monoisotopic (exact) mass is 315 g/mol. The molecular formula is C18H25N3O2. The van der Waals surface area contributed by atoms with Gasteiger partial charge in [0.05, 0.1) is 7.11 Å². The summed E-state index contributed by atoms with van der Waals surface area (Å²) in [6.45, 7) is 5.49. The number of amides is 1. The maximum Gasteiger partial charge on any atom is 0.263 e.